The molecule has 0 radical (unpaired) electrons. The number of ether oxygens (including phenoxy) is 7. The van der Waals surface area contributed by atoms with E-state index in [0.29, 0.717) is 91.6 Å². The Labute approximate surface area is 202 Å². The summed E-state index contributed by atoms with van der Waals surface area (Å²) in [6, 6.07) is 0. The topological polar surface area (TPSA) is 131 Å². The minimum absolute atomic E-state index is 0.0696. The van der Waals surface area contributed by atoms with E-state index < -0.39 is 5.97 Å². The lowest BCUT2D eigenvalue weighted by molar-refractivity contribution is -0.146. The molecule has 1 fully saturated rings. The molecule has 200 valence electrons. The normalized spacial score (nSPS) is 14.4. The zero-order chi connectivity index (χ0) is 24.5. The lowest BCUT2D eigenvalue weighted by Gasteiger charge is -2.22. The number of piperidine rings is 1. The number of carboxylic acid groups (broad SMARTS) is 1. The van der Waals surface area contributed by atoms with Gasteiger partial charge in [0.15, 0.2) is 0 Å². The van der Waals surface area contributed by atoms with Crippen LogP contribution in [-0.2, 0) is 42.7 Å². The van der Waals surface area contributed by atoms with Gasteiger partial charge in [0.2, 0.25) is 0 Å². The molecule has 0 aromatic carbocycles. The van der Waals surface area contributed by atoms with Crippen LogP contribution in [0.2, 0.25) is 0 Å². The lowest BCUT2D eigenvalue weighted by atomic mass is 10.1. The Morgan fingerprint density at radius 2 is 1.09 bits per heavy atom. The zero-order valence-corrected chi connectivity index (χ0v) is 20.3. The molecule has 0 aliphatic carbocycles. The van der Waals surface area contributed by atoms with Gasteiger partial charge in [0, 0.05) is 12.8 Å². The van der Waals surface area contributed by atoms with E-state index in [0.717, 1.165) is 25.9 Å². The summed E-state index contributed by atoms with van der Waals surface area (Å²) in [4.78, 5) is 21.8. The first kappa shape index (κ1) is 30.7. The van der Waals surface area contributed by atoms with Gasteiger partial charge >= 0.3 is 11.9 Å². The fourth-order valence-electron chi connectivity index (χ4n) is 3.05. The van der Waals surface area contributed by atoms with Crippen molar-refractivity contribution < 1.29 is 47.9 Å². The van der Waals surface area contributed by atoms with Gasteiger partial charge in [0.1, 0.15) is 6.61 Å². The molecule has 1 aliphatic rings. The molecule has 0 spiro atoms. The maximum absolute atomic E-state index is 11.4. The minimum atomic E-state index is -0.855. The third-order valence-electron chi connectivity index (χ3n) is 4.87. The Kier molecular flexibility index (Phi) is 21.1. The van der Waals surface area contributed by atoms with Crippen molar-refractivity contribution in [3.8, 4) is 0 Å². The van der Waals surface area contributed by atoms with E-state index in [-0.39, 0.29) is 25.4 Å². The Morgan fingerprint density at radius 1 is 0.647 bits per heavy atom. The highest BCUT2D eigenvalue weighted by atomic mass is 16.6. The van der Waals surface area contributed by atoms with Crippen LogP contribution in [0.25, 0.3) is 0 Å². The minimum Gasteiger partial charge on any atom is -0.481 e. The highest BCUT2D eigenvalue weighted by Crippen LogP contribution is 2.06. The number of hydrogen-bond acceptors (Lipinski definition) is 10. The number of esters is 1. The molecule has 0 aromatic heterocycles. The Hall–Kier alpha value is -1.34. The van der Waals surface area contributed by atoms with Crippen LogP contribution in [0, 0.1) is 0 Å². The first-order valence-corrected chi connectivity index (χ1v) is 12.3. The summed E-state index contributed by atoms with van der Waals surface area (Å²) in [6.07, 6.45) is 3.78. The number of nitrogens with one attached hydrogen (secondary N) is 1. The second kappa shape index (κ2) is 23.4. The number of aliphatic carboxylic acids is 1. The van der Waals surface area contributed by atoms with Gasteiger partial charge in [-0.1, -0.05) is 0 Å². The van der Waals surface area contributed by atoms with Gasteiger partial charge in [-0.15, -0.1) is 0 Å². The van der Waals surface area contributed by atoms with Gasteiger partial charge < -0.3 is 43.6 Å². The molecule has 1 rings (SSSR count). The lowest BCUT2D eigenvalue weighted by Crippen LogP contribution is -2.33. The molecule has 0 atom stereocenters. The second-order valence-corrected chi connectivity index (χ2v) is 7.70. The molecule has 1 aliphatic heterocycles. The monoisotopic (exact) mass is 493 g/mol. The van der Waals surface area contributed by atoms with E-state index in [9.17, 15) is 9.59 Å². The molecule has 11 heteroatoms. The van der Waals surface area contributed by atoms with E-state index in [2.05, 4.69) is 5.32 Å². The third-order valence-corrected chi connectivity index (χ3v) is 4.87. The largest absolute Gasteiger partial charge is 0.481 e. The van der Waals surface area contributed by atoms with Crippen LogP contribution in [0.5, 0.6) is 0 Å². The molecule has 0 saturated carbocycles. The molecule has 0 unspecified atom stereocenters. The molecule has 1 saturated heterocycles. The van der Waals surface area contributed by atoms with Crippen LogP contribution in [0.4, 0.5) is 0 Å². The predicted molar refractivity (Wildman–Crippen MR) is 123 cm³/mol. The van der Waals surface area contributed by atoms with Crippen molar-refractivity contribution in [3.63, 3.8) is 0 Å². The van der Waals surface area contributed by atoms with E-state index in [1.807, 2.05) is 0 Å². The number of carbonyl (C=O) groups is 2. The fraction of sp³-hybridized carbons (Fsp3) is 0.913. The van der Waals surface area contributed by atoms with Crippen molar-refractivity contribution in [2.24, 2.45) is 0 Å². The second-order valence-electron chi connectivity index (χ2n) is 7.70. The summed E-state index contributed by atoms with van der Waals surface area (Å²) in [5, 5.41) is 11.8. The van der Waals surface area contributed by atoms with Gasteiger partial charge in [0.05, 0.1) is 78.8 Å². The van der Waals surface area contributed by atoms with Gasteiger partial charge in [-0.2, -0.15) is 0 Å². The predicted octanol–water partition coefficient (Wildman–Crippen LogP) is 1.03. The first-order valence-electron chi connectivity index (χ1n) is 12.3. The van der Waals surface area contributed by atoms with Gasteiger partial charge in [-0.25, -0.2) is 0 Å². The SMILES string of the molecule is O=C(O)CCCCC(=O)OCCOCCOCCOCCOCCOCCOC1CCNCC1. The maximum Gasteiger partial charge on any atom is 0.305 e. The quantitative estimate of drug-likeness (QED) is 0.148. The molecule has 0 amide bonds. The fourth-order valence-corrected chi connectivity index (χ4v) is 3.05. The van der Waals surface area contributed by atoms with Crippen molar-refractivity contribution in [3.05, 3.63) is 0 Å². The third kappa shape index (κ3) is 21.2. The summed E-state index contributed by atoms with van der Waals surface area (Å²) in [5.74, 6) is -1.19. The van der Waals surface area contributed by atoms with E-state index in [4.69, 9.17) is 38.3 Å². The van der Waals surface area contributed by atoms with Crippen molar-refractivity contribution in [1.29, 1.82) is 0 Å². The number of rotatable bonds is 24. The standard InChI is InChI=1S/C23H43NO10/c25-22(26)3-1-2-4-23(27)34-20-18-32-16-14-30-12-10-28-9-11-29-13-15-31-17-19-33-21-5-7-24-8-6-21/h21,24H,1-20H2,(H,25,26). The summed E-state index contributed by atoms with van der Waals surface area (Å²) < 4.78 is 37.8. The maximum atomic E-state index is 11.4. The van der Waals surface area contributed by atoms with E-state index in [1.54, 1.807) is 0 Å². The van der Waals surface area contributed by atoms with Crippen molar-refractivity contribution >= 4 is 11.9 Å². The van der Waals surface area contributed by atoms with Crippen LogP contribution >= 0.6 is 0 Å². The van der Waals surface area contributed by atoms with Crippen molar-refractivity contribution in [2.45, 2.75) is 44.6 Å². The first-order chi connectivity index (χ1) is 16.7. The summed E-state index contributed by atoms with van der Waals surface area (Å²) in [7, 11) is 0. The van der Waals surface area contributed by atoms with Crippen LogP contribution in [-0.4, -0.2) is 116 Å². The summed E-state index contributed by atoms with van der Waals surface area (Å²) in [5.41, 5.74) is 0. The number of hydrogen-bond donors (Lipinski definition) is 2. The van der Waals surface area contributed by atoms with Crippen LogP contribution in [0.3, 0.4) is 0 Å². The Balaban J connectivity index is 1.67. The Morgan fingerprint density at radius 3 is 1.59 bits per heavy atom. The summed E-state index contributed by atoms with van der Waals surface area (Å²) in [6.45, 7) is 7.63. The number of carboxylic acids is 1. The van der Waals surface area contributed by atoms with Gasteiger partial charge in [0.25, 0.3) is 0 Å². The zero-order valence-electron chi connectivity index (χ0n) is 20.3. The highest BCUT2D eigenvalue weighted by Gasteiger charge is 2.12. The van der Waals surface area contributed by atoms with Gasteiger partial charge in [-0.05, 0) is 38.8 Å². The van der Waals surface area contributed by atoms with Crippen LogP contribution < -0.4 is 5.32 Å². The summed E-state index contributed by atoms with van der Waals surface area (Å²) >= 11 is 0. The molecular formula is C23H43NO10. The van der Waals surface area contributed by atoms with Crippen LogP contribution in [0.1, 0.15) is 38.5 Å². The highest BCUT2D eigenvalue weighted by molar-refractivity contribution is 5.69. The van der Waals surface area contributed by atoms with Crippen molar-refractivity contribution in [1.82, 2.24) is 5.32 Å². The number of carbonyl (C=O) groups excluding carboxylic acids is 1. The molecule has 0 bridgehead atoms. The molecular weight excluding hydrogens is 450 g/mol. The van der Waals surface area contributed by atoms with Crippen molar-refractivity contribution in [2.75, 3.05) is 92.4 Å². The smallest absolute Gasteiger partial charge is 0.305 e. The molecule has 34 heavy (non-hydrogen) atoms. The molecule has 11 nitrogen and oxygen atoms in total. The van der Waals surface area contributed by atoms with E-state index >= 15 is 0 Å². The molecule has 1 heterocycles. The average molecular weight is 494 g/mol. The number of unbranched alkanes of at least 4 members (excludes halogenated alkanes) is 1. The Bertz CT molecular complexity index is 488. The molecule has 2 N–H and O–H groups in total. The van der Waals surface area contributed by atoms with Crippen LogP contribution in [0.15, 0.2) is 0 Å². The van der Waals surface area contributed by atoms with E-state index in [1.165, 1.54) is 0 Å². The van der Waals surface area contributed by atoms with Gasteiger partial charge in [-0.3, -0.25) is 9.59 Å². The average Bonchev–Trinajstić information content (AvgIpc) is 2.84. The molecule has 0 aromatic rings.